The standard InChI is InChI=1S/C16H16N4O3S/c17-7-11-12-3-1-5-19(12)16(22)20(15(11)21)8-10-9-24-14(18-10)13-4-2-6-23-13/h9,13H,1-6,8H2/t13-/m0/s1. The smallest absolute Gasteiger partial charge is 0.331 e. The Morgan fingerprint density at radius 2 is 2.29 bits per heavy atom. The second kappa shape index (κ2) is 6.00. The lowest BCUT2D eigenvalue weighted by Gasteiger charge is -2.10. The van der Waals surface area contributed by atoms with Crippen LogP contribution in [0.1, 0.15) is 47.3 Å². The number of fused-ring (bicyclic) bond motifs is 1. The minimum absolute atomic E-state index is 0.0243. The Morgan fingerprint density at radius 3 is 3.04 bits per heavy atom. The Kier molecular flexibility index (Phi) is 3.82. The summed E-state index contributed by atoms with van der Waals surface area (Å²) in [6.45, 7) is 1.40. The average Bonchev–Trinajstić information content (AvgIpc) is 3.31. The predicted octanol–water partition coefficient (Wildman–Crippen LogP) is 1.18. The molecule has 0 radical (unpaired) electrons. The highest BCUT2D eigenvalue weighted by Crippen LogP contribution is 2.30. The van der Waals surface area contributed by atoms with Gasteiger partial charge in [-0.25, -0.2) is 9.78 Å². The Bertz CT molecular complexity index is 944. The van der Waals surface area contributed by atoms with Gasteiger partial charge in [0.2, 0.25) is 0 Å². The summed E-state index contributed by atoms with van der Waals surface area (Å²) in [5, 5.41) is 12.0. The fourth-order valence-corrected chi connectivity index (χ4v) is 4.26. The van der Waals surface area contributed by atoms with Crippen LogP contribution in [0.15, 0.2) is 15.0 Å². The first-order valence-corrected chi connectivity index (χ1v) is 8.89. The zero-order chi connectivity index (χ0) is 16.7. The molecule has 2 aromatic rings. The van der Waals surface area contributed by atoms with Crippen molar-refractivity contribution in [2.45, 2.75) is 44.9 Å². The van der Waals surface area contributed by atoms with E-state index in [0.717, 1.165) is 35.4 Å². The van der Waals surface area contributed by atoms with Crippen molar-refractivity contribution in [3.05, 3.63) is 48.2 Å². The molecule has 4 rings (SSSR count). The zero-order valence-corrected chi connectivity index (χ0v) is 13.8. The SMILES string of the molecule is N#Cc1c2n(c(=O)n(Cc3csc([C@@H]4CCCO4)n3)c1=O)CCC2. The molecule has 0 spiro atoms. The first kappa shape index (κ1) is 15.3. The van der Waals surface area contributed by atoms with Crippen LogP contribution in [0.4, 0.5) is 0 Å². The molecule has 0 aliphatic carbocycles. The summed E-state index contributed by atoms with van der Waals surface area (Å²) >= 11 is 1.49. The maximum atomic E-state index is 12.6. The molecule has 0 saturated carbocycles. The van der Waals surface area contributed by atoms with E-state index in [-0.39, 0.29) is 23.9 Å². The quantitative estimate of drug-likeness (QED) is 0.834. The third kappa shape index (κ3) is 2.41. The lowest BCUT2D eigenvalue weighted by Crippen LogP contribution is -2.42. The number of aromatic nitrogens is 3. The highest BCUT2D eigenvalue weighted by atomic mass is 32.1. The second-order valence-electron chi connectivity index (χ2n) is 6.04. The number of thiazole rings is 1. The van der Waals surface area contributed by atoms with E-state index in [4.69, 9.17) is 4.74 Å². The van der Waals surface area contributed by atoms with Crippen molar-refractivity contribution in [3.63, 3.8) is 0 Å². The molecular weight excluding hydrogens is 328 g/mol. The van der Waals surface area contributed by atoms with Crippen LogP contribution in [0.5, 0.6) is 0 Å². The number of nitriles is 1. The van der Waals surface area contributed by atoms with Crippen molar-refractivity contribution in [2.24, 2.45) is 0 Å². The molecule has 24 heavy (non-hydrogen) atoms. The van der Waals surface area contributed by atoms with Gasteiger partial charge in [0.05, 0.1) is 12.2 Å². The summed E-state index contributed by atoms with van der Waals surface area (Å²) in [7, 11) is 0. The van der Waals surface area contributed by atoms with Gasteiger partial charge in [0, 0.05) is 24.2 Å². The maximum absolute atomic E-state index is 12.6. The van der Waals surface area contributed by atoms with Gasteiger partial charge in [-0.2, -0.15) is 5.26 Å². The first-order valence-electron chi connectivity index (χ1n) is 8.01. The molecule has 1 fully saturated rings. The molecule has 8 heteroatoms. The van der Waals surface area contributed by atoms with Crippen LogP contribution in [0.2, 0.25) is 0 Å². The van der Waals surface area contributed by atoms with Crippen molar-refractivity contribution < 1.29 is 4.74 Å². The van der Waals surface area contributed by atoms with Crippen LogP contribution in [0.3, 0.4) is 0 Å². The second-order valence-corrected chi connectivity index (χ2v) is 6.93. The predicted molar refractivity (Wildman–Crippen MR) is 87.1 cm³/mol. The van der Waals surface area contributed by atoms with Gasteiger partial charge in [-0.15, -0.1) is 11.3 Å². The van der Waals surface area contributed by atoms with E-state index in [9.17, 15) is 14.9 Å². The van der Waals surface area contributed by atoms with E-state index < -0.39 is 5.56 Å². The number of hydrogen-bond acceptors (Lipinski definition) is 6. The van der Waals surface area contributed by atoms with Crippen LogP contribution in [0, 0.1) is 11.3 Å². The summed E-state index contributed by atoms with van der Waals surface area (Å²) in [5.74, 6) is 0. The molecule has 2 aliphatic heterocycles. The number of ether oxygens (including phenoxy) is 1. The van der Waals surface area contributed by atoms with Gasteiger partial charge in [-0.05, 0) is 25.7 Å². The van der Waals surface area contributed by atoms with E-state index in [1.54, 1.807) is 4.57 Å². The molecule has 124 valence electrons. The lowest BCUT2D eigenvalue weighted by atomic mass is 10.2. The summed E-state index contributed by atoms with van der Waals surface area (Å²) in [4.78, 5) is 29.6. The fourth-order valence-electron chi connectivity index (χ4n) is 3.37. The van der Waals surface area contributed by atoms with Crippen molar-refractivity contribution >= 4 is 11.3 Å². The summed E-state index contributed by atoms with van der Waals surface area (Å²) in [6, 6.07) is 1.97. The van der Waals surface area contributed by atoms with Crippen molar-refractivity contribution in [3.8, 4) is 6.07 Å². The third-order valence-electron chi connectivity index (χ3n) is 4.54. The number of hydrogen-bond donors (Lipinski definition) is 0. The van der Waals surface area contributed by atoms with E-state index >= 15 is 0 Å². The van der Waals surface area contributed by atoms with Crippen molar-refractivity contribution in [2.75, 3.05) is 6.61 Å². The van der Waals surface area contributed by atoms with Crippen LogP contribution >= 0.6 is 11.3 Å². The van der Waals surface area contributed by atoms with Gasteiger partial charge in [-0.1, -0.05) is 0 Å². The zero-order valence-electron chi connectivity index (χ0n) is 13.0. The summed E-state index contributed by atoms with van der Waals surface area (Å²) in [6.07, 6.45) is 3.39. The Labute approximate surface area is 141 Å². The van der Waals surface area contributed by atoms with Gasteiger partial charge >= 0.3 is 5.69 Å². The molecular formula is C16H16N4O3S. The molecule has 2 aliphatic rings. The maximum Gasteiger partial charge on any atom is 0.331 e. The van der Waals surface area contributed by atoms with Crippen LogP contribution in [-0.4, -0.2) is 20.7 Å². The minimum Gasteiger partial charge on any atom is -0.371 e. The average molecular weight is 344 g/mol. The van der Waals surface area contributed by atoms with E-state index in [0.29, 0.717) is 24.4 Å². The molecule has 0 amide bonds. The molecule has 0 unspecified atom stereocenters. The van der Waals surface area contributed by atoms with Crippen LogP contribution < -0.4 is 11.2 Å². The van der Waals surface area contributed by atoms with Gasteiger partial charge < -0.3 is 4.74 Å². The summed E-state index contributed by atoms with van der Waals surface area (Å²) < 4.78 is 8.29. The van der Waals surface area contributed by atoms with Crippen molar-refractivity contribution in [1.29, 1.82) is 5.26 Å². The first-order chi connectivity index (χ1) is 11.7. The van der Waals surface area contributed by atoms with E-state index in [1.165, 1.54) is 11.3 Å². The summed E-state index contributed by atoms with van der Waals surface area (Å²) in [5.41, 5.74) is 0.455. The molecule has 4 heterocycles. The van der Waals surface area contributed by atoms with Crippen LogP contribution in [0.25, 0.3) is 0 Å². The molecule has 1 atom stereocenters. The largest absolute Gasteiger partial charge is 0.371 e. The van der Waals surface area contributed by atoms with E-state index in [1.807, 2.05) is 11.4 Å². The molecule has 7 nitrogen and oxygen atoms in total. The van der Waals surface area contributed by atoms with Crippen LogP contribution in [-0.2, 0) is 24.2 Å². The number of nitrogens with zero attached hydrogens (tertiary/aromatic N) is 4. The highest BCUT2D eigenvalue weighted by Gasteiger charge is 2.24. The fraction of sp³-hybridized carbons (Fsp3) is 0.500. The molecule has 0 aromatic carbocycles. The topological polar surface area (TPSA) is 89.9 Å². The molecule has 0 bridgehead atoms. The number of rotatable bonds is 3. The van der Waals surface area contributed by atoms with E-state index in [2.05, 4.69) is 4.98 Å². The van der Waals surface area contributed by atoms with Gasteiger partial charge in [0.1, 0.15) is 22.7 Å². The van der Waals surface area contributed by atoms with Gasteiger partial charge in [0.25, 0.3) is 5.56 Å². The van der Waals surface area contributed by atoms with Gasteiger partial charge in [-0.3, -0.25) is 13.9 Å². The normalized spacial score (nSPS) is 19.4. The highest BCUT2D eigenvalue weighted by molar-refractivity contribution is 7.09. The lowest BCUT2D eigenvalue weighted by molar-refractivity contribution is 0.111. The Balaban J connectivity index is 1.72. The molecule has 2 aromatic heterocycles. The van der Waals surface area contributed by atoms with Gasteiger partial charge in [0.15, 0.2) is 0 Å². The molecule has 0 N–H and O–H groups in total. The monoisotopic (exact) mass is 344 g/mol. The third-order valence-corrected chi connectivity index (χ3v) is 5.52. The minimum atomic E-state index is -0.512. The van der Waals surface area contributed by atoms with Crippen molar-refractivity contribution in [1.82, 2.24) is 14.1 Å². The Hall–Kier alpha value is -2.24. The molecule has 1 saturated heterocycles. The Morgan fingerprint density at radius 1 is 1.42 bits per heavy atom.